The fourth-order valence-corrected chi connectivity index (χ4v) is 1.77. The van der Waals surface area contributed by atoms with E-state index in [0.29, 0.717) is 11.5 Å². The molecule has 0 unspecified atom stereocenters. The minimum Gasteiger partial charge on any atom is -0.466 e. The number of allylic oxidation sites excluding steroid dienone is 1. The molecule has 0 heterocycles. The second-order valence-corrected chi connectivity index (χ2v) is 4.81. The summed E-state index contributed by atoms with van der Waals surface area (Å²) in [7, 11) is 1.41. The molecule has 0 amide bonds. The van der Waals surface area contributed by atoms with Crippen molar-refractivity contribution in [3.8, 4) is 0 Å². The van der Waals surface area contributed by atoms with Gasteiger partial charge in [0.25, 0.3) is 0 Å². The Morgan fingerprint density at radius 1 is 1.28 bits per heavy atom. The summed E-state index contributed by atoms with van der Waals surface area (Å²) in [6, 6.07) is 8.68. The molecule has 0 saturated heterocycles. The number of hydrogen-bond donors (Lipinski definition) is 0. The van der Waals surface area contributed by atoms with Crippen LogP contribution in [0.25, 0.3) is 0 Å². The maximum absolute atomic E-state index is 11.2. The predicted molar refractivity (Wildman–Crippen MR) is 74.6 cm³/mol. The summed E-state index contributed by atoms with van der Waals surface area (Å²) < 4.78 is 4.65. The molecule has 0 radical (unpaired) electrons. The second kappa shape index (κ2) is 7.00. The molecule has 2 heteroatoms. The Kier molecular flexibility index (Phi) is 5.63. The smallest absolute Gasteiger partial charge is 0.333 e. The fourth-order valence-electron chi connectivity index (χ4n) is 1.77. The van der Waals surface area contributed by atoms with Crippen LogP contribution >= 0.6 is 0 Å². The number of esters is 1. The number of aryl methyl sites for hydroxylation is 1. The van der Waals surface area contributed by atoms with Gasteiger partial charge in [-0.1, -0.05) is 44.2 Å². The van der Waals surface area contributed by atoms with E-state index in [4.69, 9.17) is 0 Å². The second-order valence-electron chi connectivity index (χ2n) is 4.81. The molecule has 0 aliphatic rings. The lowest BCUT2D eigenvalue weighted by Gasteiger charge is -2.06. The third-order valence-electron chi connectivity index (χ3n) is 3.04. The Bertz CT molecular complexity index is 413. The monoisotopic (exact) mass is 246 g/mol. The van der Waals surface area contributed by atoms with Crippen molar-refractivity contribution in [2.75, 3.05) is 7.11 Å². The molecule has 0 spiro atoms. The summed E-state index contributed by atoms with van der Waals surface area (Å²) in [4.78, 5) is 11.2. The Morgan fingerprint density at radius 2 is 1.89 bits per heavy atom. The molecule has 0 fully saturated rings. The molecular weight excluding hydrogens is 224 g/mol. The van der Waals surface area contributed by atoms with Crippen LogP contribution in [0.5, 0.6) is 0 Å². The van der Waals surface area contributed by atoms with E-state index in [1.54, 1.807) is 6.92 Å². The third-order valence-corrected chi connectivity index (χ3v) is 3.04. The predicted octanol–water partition coefficient (Wildman–Crippen LogP) is 3.86. The molecule has 0 aliphatic carbocycles. The topological polar surface area (TPSA) is 26.3 Å². The third kappa shape index (κ3) is 4.36. The van der Waals surface area contributed by atoms with Crippen LogP contribution in [0.15, 0.2) is 35.9 Å². The van der Waals surface area contributed by atoms with Gasteiger partial charge in [-0.2, -0.15) is 0 Å². The van der Waals surface area contributed by atoms with Gasteiger partial charge in [-0.15, -0.1) is 0 Å². The largest absolute Gasteiger partial charge is 0.466 e. The van der Waals surface area contributed by atoms with Crippen LogP contribution in [0.2, 0.25) is 0 Å². The summed E-state index contributed by atoms with van der Waals surface area (Å²) in [6.45, 7) is 6.17. The van der Waals surface area contributed by atoms with Crippen LogP contribution in [0.1, 0.15) is 44.2 Å². The Hall–Kier alpha value is -1.57. The zero-order valence-corrected chi connectivity index (χ0v) is 11.7. The van der Waals surface area contributed by atoms with Gasteiger partial charge in [-0.25, -0.2) is 4.79 Å². The van der Waals surface area contributed by atoms with E-state index in [1.165, 1.54) is 18.2 Å². The molecular formula is C16H22O2. The quantitative estimate of drug-likeness (QED) is 0.582. The number of rotatable bonds is 5. The highest BCUT2D eigenvalue weighted by Gasteiger charge is 2.02. The first-order valence-corrected chi connectivity index (χ1v) is 6.38. The molecule has 1 aromatic carbocycles. The average Bonchev–Trinajstić information content (AvgIpc) is 2.38. The van der Waals surface area contributed by atoms with E-state index in [2.05, 4.69) is 42.8 Å². The van der Waals surface area contributed by atoms with Crippen LogP contribution < -0.4 is 0 Å². The van der Waals surface area contributed by atoms with E-state index in [9.17, 15) is 4.79 Å². The Morgan fingerprint density at radius 3 is 2.39 bits per heavy atom. The average molecular weight is 246 g/mol. The molecule has 98 valence electrons. The van der Waals surface area contributed by atoms with Crippen molar-refractivity contribution in [3.05, 3.63) is 47.0 Å². The van der Waals surface area contributed by atoms with Crippen LogP contribution in [0.3, 0.4) is 0 Å². The van der Waals surface area contributed by atoms with Gasteiger partial charge in [0.05, 0.1) is 7.11 Å². The van der Waals surface area contributed by atoms with Crippen molar-refractivity contribution in [2.24, 2.45) is 0 Å². The van der Waals surface area contributed by atoms with Crippen LogP contribution in [0, 0.1) is 0 Å². The molecule has 0 aliphatic heterocycles. The van der Waals surface area contributed by atoms with Crippen molar-refractivity contribution >= 4 is 5.97 Å². The number of carbonyl (C=O) groups excluding carboxylic acids is 1. The minimum atomic E-state index is -0.245. The SMILES string of the molecule is COC(=O)/C(C)=C/CCc1ccc(C(C)C)cc1. The maximum atomic E-state index is 11.2. The van der Waals surface area contributed by atoms with Gasteiger partial charge in [0.15, 0.2) is 0 Å². The summed E-state index contributed by atoms with van der Waals surface area (Å²) in [5, 5.41) is 0. The van der Waals surface area contributed by atoms with Gasteiger partial charge in [-0.05, 0) is 36.8 Å². The first kappa shape index (κ1) is 14.5. The Labute approximate surface area is 110 Å². The normalized spacial score (nSPS) is 11.7. The fraction of sp³-hybridized carbons (Fsp3) is 0.438. The lowest BCUT2D eigenvalue weighted by Crippen LogP contribution is -2.01. The summed E-state index contributed by atoms with van der Waals surface area (Å²) in [5.41, 5.74) is 3.34. The molecule has 1 aromatic rings. The van der Waals surface area contributed by atoms with Crippen molar-refractivity contribution in [1.82, 2.24) is 0 Å². The van der Waals surface area contributed by atoms with Crippen LogP contribution in [-0.4, -0.2) is 13.1 Å². The van der Waals surface area contributed by atoms with Crippen molar-refractivity contribution in [2.45, 2.75) is 39.5 Å². The Balaban J connectivity index is 2.51. The van der Waals surface area contributed by atoms with Gasteiger partial charge in [0, 0.05) is 5.57 Å². The molecule has 0 atom stereocenters. The highest BCUT2D eigenvalue weighted by atomic mass is 16.5. The number of ether oxygens (including phenoxy) is 1. The summed E-state index contributed by atoms with van der Waals surface area (Å²) in [6.07, 6.45) is 3.75. The van der Waals surface area contributed by atoms with Crippen LogP contribution in [0.4, 0.5) is 0 Å². The van der Waals surface area contributed by atoms with E-state index in [-0.39, 0.29) is 5.97 Å². The zero-order chi connectivity index (χ0) is 13.5. The highest BCUT2D eigenvalue weighted by molar-refractivity contribution is 5.87. The number of carbonyl (C=O) groups is 1. The van der Waals surface area contributed by atoms with E-state index < -0.39 is 0 Å². The van der Waals surface area contributed by atoms with Crippen molar-refractivity contribution < 1.29 is 9.53 Å². The molecule has 0 saturated carbocycles. The van der Waals surface area contributed by atoms with Crippen molar-refractivity contribution in [1.29, 1.82) is 0 Å². The maximum Gasteiger partial charge on any atom is 0.333 e. The van der Waals surface area contributed by atoms with Gasteiger partial charge in [0.1, 0.15) is 0 Å². The van der Waals surface area contributed by atoms with E-state index in [1.807, 2.05) is 6.08 Å². The molecule has 1 rings (SSSR count). The molecule has 0 N–H and O–H groups in total. The lowest BCUT2D eigenvalue weighted by atomic mass is 10.00. The summed E-state index contributed by atoms with van der Waals surface area (Å²) >= 11 is 0. The van der Waals surface area contributed by atoms with Crippen LogP contribution in [-0.2, 0) is 16.0 Å². The van der Waals surface area contributed by atoms with Crippen molar-refractivity contribution in [3.63, 3.8) is 0 Å². The first-order valence-electron chi connectivity index (χ1n) is 6.38. The molecule has 0 aromatic heterocycles. The molecule has 18 heavy (non-hydrogen) atoms. The van der Waals surface area contributed by atoms with E-state index in [0.717, 1.165) is 12.8 Å². The lowest BCUT2D eigenvalue weighted by molar-refractivity contribution is -0.136. The number of methoxy groups -OCH3 is 1. The highest BCUT2D eigenvalue weighted by Crippen LogP contribution is 2.15. The minimum absolute atomic E-state index is 0.245. The summed E-state index contributed by atoms with van der Waals surface area (Å²) in [5.74, 6) is 0.325. The molecule has 0 bridgehead atoms. The zero-order valence-electron chi connectivity index (χ0n) is 11.7. The number of hydrogen-bond acceptors (Lipinski definition) is 2. The van der Waals surface area contributed by atoms with Gasteiger partial charge >= 0.3 is 5.97 Å². The number of benzene rings is 1. The van der Waals surface area contributed by atoms with Gasteiger partial charge < -0.3 is 4.74 Å². The van der Waals surface area contributed by atoms with E-state index >= 15 is 0 Å². The standard InChI is InChI=1S/C16H22O2/c1-12(2)15-10-8-14(9-11-15)7-5-6-13(3)16(17)18-4/h6,8-12H,5,7H2,1-4H3/b13-6+. The van der Waals surface area contributed by atoms with Gasteiger partial charge in [0.2, 0.25) is 0 Å². The van der Waals surface area contributed by atoms with Gasteiger partial charge in [-0.3, -0.25) is 0 Å². The first-order chi connectivity index (χ1) is 8.54. The molecule has 2 nitrogen and oxygen atoms in total.